The van der Waals surface area contributed by atoms with E-state index >= 15 is 0 Å². The number of allylic oxidation sites excluding steroid dienone is 1. The molecule has 58 valence electrons. The van der Waals surface area contributed by atoms with Gasteiger partial charge in [-0.3, -0.25) is 0 Å². The molecule has 0 aromatic heterocycles. The van der Waals surface area contributed by atoms with Crippen LogP contribution in [0.3, 0.4) is 0 Å². The van der Waals surface area contributed by atoms with E-state index in [0.717, 1.165) is 6.42 Å². The summed E-state index contributed by atoms with van der Waals surface area (Å²) >= 11 is 0. The van der Waals surface area contributed by atoms with Crippen LogP contribution in [0.5, 0.6) is 0 Å². The fraction of sp³-hybridized carbons (Fsp3) is 0.778. The Labute approximate surface area is 63.3 Å². The molecule has 10 heavy (non-hydrogen) atoms. The molecule has 0 aliphatic heterocycles. The second-order valence-corrected chi connectivity index (χ2v) is 3.16. The van der Waals surface area contributed by atoms with E-state index in [0.29, 0.717) is 6.04 Å². The molecular formula is C9H17N. The Hall–Kier alpha value is -0.300. The lowest BCUT2D eigenvalue weighted by Crippen LogP contribution is -2.18. The lowest BCUT2D eigenvalue weighted by molar-refractivity contribution is 0.606. The summed E-state index contributed by atoms with van der Waals surface area (Å²) in [6.07, 6.45) is 8.52. The molecule has 1 atom stereocenters. The van der Waals surface area contributed by atoms with Gasteiger partial charge in [0.2, 0.25) is 0 Å². The van der Waals surface area contributed by atoms with Gasteiger partial charge in [-0.15, -0.1) is 0 Å². The van der Waals surface area contributed by atoms with Crippen molar-refractivity contribution >= 4 is 0 Å². The summed E-state index contributed by atoms with van der Waals surface area (Å²) in [6.45, 7) is 2.12. The van der Waals surface area contributed by atoms with Gasteiger partial charge in [-0.1, -0.05) is 18.1 Å². The second kappa shape index (κ2) is 3.77. The van der Waals surface area contributed by atoms with Crippen molar-refractivity contribution in [1.29, 1.82) is 0 Å². The minimum Gasteiger partial charge on any atom is -0.327 e. The molecule has 0 unspecified atom stereocenters. The van der Waals surface area contributed by atoms with Gasteiger partial charge < -0.3 is 5.73 Å². The van der Waals surface area contributed by atoms with E-state index in [1.807, 2.05) is 0 Å². The molecule has 1 saturated carbocycles. The van der Waals surface area contributed by atoms with Gasteiger partial charge in [0.1, 0.15) is 0 Å². The summed E-state index contributed by atoms with van der Waals surface area (Å²) in [5.41, 5.74) is 7.42. The Kier molecular flexibility index (Phi) is 2.94. The maximum Gasteiger partial charge on any atom is 0.00760 e. The molecule has 0 spiro atoms. The van der Waals surface area contributed by atoms with Crippen LogP contribution in [0.1, 0.15) is 39.0 Å². The van der Waals surface area contributed by atoms with Gasteiger partial charge in [0.25, 0.3) is 0 Å². The third kappa shape index (κ3) is 2.14. The summed E-state index contributed by atoms with van der Waals surface area (Å²) in [5, 5.41) is 0. The van der Waals surface area contributed by atoms with Crippen LogP contribution in [-0.2, 0) is 0 Å². The molecule has 1 nitrogen and oxygen atoms in total. The van der Waals surface area contributed by atoms with E-state index in [4.69, 9.17) is 5.73 Å². The van der Waals surface area contributed by atoms with Crippen LogP contribution < -0.4 is 5.73 Å². The minimum absolute atomic E-state index is 0.439. The number of nitrogens with two attached hydrogens (primary N) is 1. The molecule has 2 N–H and O–H groups in total. The van der Waals surface area contributed by atoms with Crippen molar-refractivity contribution in [2.24, 2.45) is 5.73 Å². The Morgan fingerprint density at radius 2 is 2.30 bits per heavy atom. The quantitative estimate of drug-likeness (QED) is 0.404. The molecule has 1 aliphatic rings. The Balaban J connectivity index is 2.46. The molecule has 0 heterocycles. The van der Waals surface area contributed by atoms with Gasteiger partial charge in [0.15, 0.2) is 0 Å². The fourth-order valence-corrected chi connectivity index (χ4v) is 1.56. The first-order chi connectivity index (χ1) is 4.83. The van der Waals surface area contributed by atoms with Crippen LogP contribution in [0.25, 0.3) is 0 Å². The van der Waals surface area contributed by atoms with E-state index in [1.54, 1.807) is 5.57 Å². The van der Waals surface area contributed by atoms with Crippen molar-refractivity contribution in [2.75, 3.05) is 0 Å². The zero-order chi connectivity index (χ0) is 7.40. The highest BCUT2D eigenvalue weighted by molar-refractivity contribution is 5.03. The molecule has 0 saturated heterocycles. The summed E-state index contributed by atoms with van der Waals surface area (Å²) in [5.74, 6) is 0. The molecule has 0 radical (unpaired) electrons. The van der Waals surface area contributed by atoms with E-state index in [9.17, 15) is 0 Å². The van der Waals surface area contributed by atoms with Crippen molar-refractivity contribution in [1.82, 2.24) is 0 Å². The molecular weight excluding hydrogens is 122 g/mol. The fourth-order valence-electron chi connectivity index (χ4n) is 1.56. The minimum atomic E-state index is 0.439. The van der Waals surface area contributed by atoms with E-state index in [2.05, 4.69) is 13.0 Å². The number of hydrogen-bond donors (Lipinski definition) is 1. The van der Waals surface area contributed by atoms with Gasteiger partial charge in [-0.25, -0.2) is 0 Å². The van der Waals surface area contributed by atoms with Crippen LogP contribution in [0.15, 0.2) is 11.6 Å². The maximum atomic E-state index is 5.86. The van der Waals surface area contributed by atoms with Crippen molar-refractivity contribution in [3.63, 3.8) is 0 Å². The zero-order valence-corrected chi connectivity index (χ0v) is 6.77. The van der Waals surface area contributed by atoms with Gasteiger partial charge in [-0.2, -0.15) is 0 Å². The van der Waals surface area contributed by atoms with E-state index in [1.165, 1.54) is 25.7 Å². The van der Waals surface area contributed by atoms with Crippen molar-refractivity contribution in [2.45, 2.75) is 45.1 Å². The topological polar surface area (TPSA) is 26.0 Å². The normalized spacial score (nSPS) is 32.2. The average molecular weight is 139 g/mol. The molecule has 1 aliphatic carbocycles. The number of rotatable bonds is 0. The Morgan fingerprint density at radius 3 is 3.00 bits per heavy atom. The lowest BCUT2D eigenvalue weighted by Gasteiger charge is -2.06. The van der Waals surface area contributed by atoms with Gasteiger partial charge in [-0.05, 0) is 32.6 Å². The predicted molar refractivity (Wildman–Crippen MR) is 44.8 cm³/mol. The highest BCUT2D eigenvalue weighted by Gasteiger charge is 2.09. The summed E-state index contributed by atoms with van der Waals surface area (Å²) in [4.78, 5) is 0. The van der Waals surface area contributed by atoms with Crippen LogP contribution in [0, 0.1) is 0 Å². The first kappa shape index (κ1) is 7.80. The predicted octanol–water partition coefficient (Wildman–Crippen LogP) is 2.22. The van der Waals surface area contributed by atoms with Crippen LogP contribution in [-0.4, -0.2) is 6.04 Å². The highest BCUT2D eigenvalue weighted by atomic mass is 14.6. The van der Waals surface area contributed by atoms with Gasteiger partial charge in [0, 0.05) is 6.04 Å². The standard InChI is InChI=1S/C9H17N/c1-2-8-5-3-4-6-9(10)7-8/h2,9H,3-7,10H2,1H3/b8-2-/t9-/m1/s1. The van der Waals surface area contributed by atoms with E-state index in [-0.39, 0.29) is 0 Å². The Morgan fingerprint density at radius 1 is 1.50 bits per heavy atom. The largest absolute Gasteiger partial charge is 0.327 e. The third-order valence-electron chi connectivity index (χ3n) is 2.26. The first-order valence-corrected chi connectivity index (χ1v) is 4.22. The van der Waals surface area contributed by atoms with Gasteiger partial charge >= 0.3 is 0 Å². The summed E-state index contributed by atoms with van der Waals surface area (Å²) in [7, 11) is 0. The molecule has 1 fully saturated rings. The molecule has 0 amide bonds. The Bertz CT molecular complexity index is 127. The van der Waals surface area contributed by atoms with Crippen LogP contribution in [0.2, 0.25) is 0 Å². The highest BCUT2D eigenvalue weighted by Crippen LogP contribution is 2.20. The zero-order valence-electron chi connectivity index (χ0n) is 6.77. The first-order valence-electron chi connectivity index (χ1n) is 4.22. The second-order valence-electron chi connectivity index (χ2n) is 3.16. The lowest BCUT2D eigenvalue weighted by atomic mass is 10.1. The third-order valence-corrected chi connectivity index (χ3v) is 2.26. The summed E-state index contributed by atoms with van der Waals surface area (Å²) < 4.78 is 0. The summed E-state index contributed by atoms with van der Waals surface area (Å²) in [6, 6.07) is 0.439. The monoisotopic (exact) mass is 139 g/mol. The van der Waals surface area contributed by atoms with Crippen molar-refractivity contribution in [3.8, 4) is 0 Å². The molecule has 0 aromatic rings. The maximum absolute atomic E-state index is 5.86. The van der Waals surface area contributed by atoms with Crippen LogP contribution in [0.4, 0.5) is 0 Å². The van der Waals surface area contributed by atoms with Crippen molar-refractivity contribution in [3.05, 3.63) is 11.6 Å². The molecule has 0 aromatic carbocycles. The molecule has 0 bridgehead atoms. The van der Waals surface area contributed by atoms with Crippen LogP contribution >= 0.6 is 0 Å². The smallest absolute Gasteiger partial charge is 0.00760 e. The SMILES string of the molecule is C/C=C1/CCCC[C@@H](N)C1. The van der Waals surface area contributed by atoms with Gasteiger partial charge in [0.05, 0.1) is 0 Å². The van der Waals surface area contributed by atoms with Crippen molar-refractivity contribution < 1.29 is 0 Å². The molecule has 1 heteroatoms. The number of hydrogen-bond acceptors (Lipinski definition) is 1. The molecule has 1 rings (SSSR count). The average Bonchev–Trinajstić information content (AvgIpc) is 2.13. The van der Waals surface area contributed by atoms with E-state index < -0.39 is 0 Å².